The molecule has 0 saturated heterocycles. The summed E-state index contributed by atoms with van der Waals surface area (Å²) in [6.07, 6.45) is 0. The fourth-order valence-corrected chi connectivity index (χ4v) is 2.39. The number of carbonyl (C=O) groups excluding carboxylic acids is 2. The Hall–Kier alpha value is -2.93. The first-order valence-electron chi connectivity index (χ1n) is 7.21. The Balaban J connectivity index is 2.43. The summed E-state index contributed by atoms with van der Waals surface area (Å²) in [6.45, 7) is 1.88. The number of aliphatic hydroxyl groups is 1. The average Bonchev–Trinajstić information content (AvgIpc) is 2.53. The molecule has 2 aromatic carbocycles. The Morgan fingerprint density at radius 1 is 1.17 bits per heavy atom. The molecule has 2 rings (SSSR count). The van der Waals surface area contributed by atoms with Gasteiger partial charge in [0, 0.05) is 6.92 Å². The van der Waals surface area contributed by atoms with Crippen LogP contribution in [0, 0.1) is 6.92 Å². The maximum atomic E-state index is 12.5. The number of aryl methyl sites for hydroxylation is 1. The van der Waals surface area contributed by atoms with Gasteiger partial charge in [-0.05, 0) is 23.3 Å². The number of hydrogen-bond acceptors (Lipinski definition) is 5. The number of aliphatic hydroxyl groups excluding tert-OH is 1. The Labute approximate surface area is 138 Å². The first kappa shape index (κ1) is 17.4. The minimum atomic E-state index is -1.67. The van der Waals surface area contributed by atoms with Crippen LogP contribution >= 0.6 is 0 Å². The van der Waals surface area contributed by atoms with Gasteiger partial charge in [0.1, 0.15) is 0 Å². The normalized spacial score (nSPS) is 11.8. The highest BCUT2D eigenvalue weighted by Gasteiger charge is 2.32. The monoisotopic (exact) mass is 331 g/mol. The van der Waals surface area contributed by atoms with Gasteiger partial charge in [-0.1, -0.05) is 36.4 Å². The van der Waals surface area contributed by atoms with Crippen molar-refractivity contribution in [3.8, 4) is 0 Å². The third-order valence-electron chi connectivity index (χ3n) is 3.57. The van der Waals surface area contributed by atoms with Gasteiger partial charge in [-0.15, -0.1) is 0 Å². The van der Waals surface area contributed by atoms with Crippen molar-refractivity contribution >= 4 is 28.6 Å². The van der Waals surface area contributed by atoms with Crippen molar-refractivity contribution in [2.45, 2.75) is 19.9 Å². The lowest BCUT2D eigenvalue weighted by molar-refractivity contribution is -0.188. The molecule has 0 saturated carbocycles. The molecule has 0 aliphatic carbocycles. The lowest BCUT2D eigenvalue weighted by Gasteiger charge is -2.25. The van der Waals surface area contributed by atoms with Gasteiger partial charge < -0.3 is 15.1 Å². The van der Waals surface area contributed by atoms with Gasteiger partial charge in [-0.3, -0.25) is 4.79 Å². The highest BCUT2D eigenvalue weighted by molar-refractivity contribution is 6.06. The number of aliphatic carboxylic acids is 1. The van der Waals surface area contributed by atoms with E-state index in [2.05, 4.69) is 0 Å². The molecule has 1 atom stereocenters. The molecular weight excluding hydrogens is 314 g/mol. The van der Waals surface area contributed by atoms with E-state index in [1.807, 2.05) is 18.2 Å². The number of amides is 1. The summed E-state index contributed by atoms with van der Waals surface area (Å²) in [5, 5.41) is 20.0. The van der Waals surface area contributed by atoms with Crippen LogP contribution in [0.5, 0.6) is 0 Å². The average molecular weight is 331 g/mol. The van der Waals surface area contributed by atoms with Gasteiger partial charge in [0.05, 0.1) is 12.2 Å². The predicted molar refractivity (Wildman–Crippen MR) is 85.1 cm³/mol. The van der Waals surface area contributed by atoms with Crippen LogP contribution in [0.1, 0.15) is 22.8 Å². The molecule has 2 aromatic rings. The summed E-state index contributed by atoms with van der Waals surface area (Å²) in [4.78, 5) is 40.3. The molecule has 126 valence electrons. The maximum Gasteiger partial charge on any atom is 0.364 e. The topological polar surface area (TPSA) is 104 Å². The second-order valence-electron chi connectivity index (χ2n) is 5.24. The van der Waals surface area contributed by atoms with Crippen LogP contribution in [0.25, 0.3) is 10.8 Å². The first-order valence-corrected chi connectivity index (χ1v) is 7.21. The van der Waals surface area contributed by atoms with Crippen LogP contribution in [-0.2, 0) is 14.4 Å². The van der Waals surface area contributed by atoms with Crippen LogP contribution in [0.2, 0.25) is 0 Å². The number of hydroxylamine groups is 2. The van der Waals surface area contributed by atoms with Crippen molar-refractivity contribution < 1.29 is 29.4 Å². The molecule has 0 spiro atoms. The molecule has 0 aromatic heterocycles. The molecule has 7 nitrogen and oxygen atoms in total. The van der Waals surface area contributed by atoms with E-state index in [0.29, 0.717) is 16.0 Å². The predicted octanol–water partition coefficient (Wildman–Crippen LogP) is 1.51. The van der Waals surface area contributed by atoms with Gasteiger partial charge in [-0.2, -0.15) is 5.06 Å². The lowest BCUT2D eigenvalue weighted by atomic mass is 10.00. The first-order chi connectivity index (χ1) is 11.4. The van der Waals surface area contributed by atoms with E-state index < -0.39 is 30.5 Å². The summed E-state index contributed by atoms with van der Waals surface area (Å²) < 4.78 is 0. The standard InChI is InChI=1S/C17H17NO6/c1-10-7-8-12-5-3-4-6-13(12)15(10)17(23)24-18(11(2)20)14(9-19)16(21)22/h3-8,14,19H,9H2,1-2H3,(H,21,22)/t14-/m0/s1. The molecule has 0 aliphatic rings. The lowest BCUT2D eigenvalue weighted by Crippen LogP contribution is -2.47. The van der Waals surface area contributed by atoms with Crippen molar-refractivity contribution in [3.63, 3.8) is 0 Å². The van der Waals surface area contributed by atoms with Gasteiger partial charge >= 0.3 is 11.9 Å². The number of hydrogen-bond donors (Lipinski definition) is 2. The van der Waals surface area contributed by atoms with Gasteiger partial charge in [0.2, 0.25) is 0 Å². The highest BCUT2D eigenvalue weighted by Crippen LogP contribution is 2.23. The molecule has 2 N–H and O–H groups in total. The number of carbonyl (C=O) groups is 3. The van der Waals surface area contributed by atoms with Crippen molar-refractivity contribution in [2.75, 3.05) is 6.61 Å². The van der Waals surface area contributed by atoms with Gasteiger partial charge in [0.15, 0.2) is 6.04 Å². The SMILES string of the molecule is CC(=O)N(OC(=O)c1c(C)ccc2ccccc12)[C@@H](CO)C(=O)O. The summed E-state index contributed by atoms with van der Waals surface area (Å²) in [5.74, 6) is -3.14. The number of benzene rings is 2. The minimum absolute atomic E-state index is 0.237. The maximum absolute atomic E-state index is 12.5. The fourth-order valence-electron chi connectivity index (χ4n) is 2.39. The van der Waals surface area contributed by atoms with Crippen LogP contribution in [-0.4, -0.2) is 45.8 Å². The summed E-state index contributed by atoms with van der Waals surface area (Å²) in [6, 6.07) is 9.05. The van der Waals surface area contributed by atoms with Crippen LogP contribution < -0.4 is 0 Å². The Morgan fingerprint density at radius 2 is 1.83 bits per heavy atom. The molecule has 7 heteroatoms. The minimum Gasteiger partial charge on any atom is -0.480 e. The summed E-state index contributed by atoms with van der Waals surface area (Å²) in [5.41, 5.74) is 0.861. The second kappa shape index (κ2) is 7.10. The van der Waals surface area contributed by atoms with E-state index in [1.54, 1.807) is 25.1 Å². The zero-order valence-electron chi connectivity index (χ0n) is 13.2. The van der Waals surface area contributed by atoms with Crippen LogP contribution in [0.3, 0.4) is 0 Å². The van der Waals surface area contributed by atoms with E-state index in [4.69, 9.17) is 15.1 Å². The third kappa shape index (κ3) is 3.36. The van der Waals surface area contributed by atoms with E-state index >= 15 is 0 Å². The van der Waals surface area contributed by atoms with Crippen molar-refractivity contribution in [2.24, 2.45) is 0 Å². The van der Waals surface area contributed by atoms with E-state index in [9.17, 15) is 14.4 Å². The van der Waals surface area contributed by atoms with E-state index in [0.717, 1.165) is 12.3 Å². The molecule has 0 fully saturated rings. The van der Waals surface area contributed by atoms with E-state index in [1.165, 1.54) is 0 Å². The Morgan fingerprint density at radius 3 is 2.42 bits per heavy atom. The number of nitrogens with zero attached hydrogens (tertiary/aromatic N) is 1. The van der Waals surface area contributed by atoms with Crippen LogP contribution in [0.4, 0.5) is 0 Å². The number of carboxylic acid groups (broad SMARTS) is 1. The number of carboxylic acids is 1. The molecule has 0 radical (unpaired) electrons. The molecule has 0 unspecified atom stereocenters. The summed E-state index contributed by atoms with van der Waals surface area (Å²) in [7, 11) is 0. The van der Waals surface area contributed by atoms with Crippen LogP contribution in [0.15, 0.2) is 36.4 Å². The van der Waals surface area contributed by atoms with Crippen molar-refractivity contribution in [1.29, 1.82) is 0 Å². The fraction of sp³-hybridized carbons (Fsp3) is 0.235. The second-order valence-corrected chi connectivity index (χ2v) is 5.24. The molecule has 24 heavy (non-hydrogen) atoms. The molecule has 1 amide bonds. The Kier molecular flexibility index (Phi) is 5.15. The quantitative estimate of drug-likeness (QED) is 0.823. The number of fused-ring (bicyclic) bond motifs is 1. The van der Waals surface area contributed by atoms with Crippen molar-refractivity contribution in [1.82, 2.24) is 5.06 Å². The smallest absolute Gasteiger partial charge is 0.364 e. The highest BCUT2D eigenvalue weighted by atomic mass is 16.7. The number of rotatable bonds is 4. The molecule has 0 heterocycles. The molecular formula is C17H17NO6. The van der Waals surface area contributed by atoms with Gasteiger partial charge in [-0.25, -0.2) is 9.59 Å². The largest absolute Gasteiger partial charge is 0.480 e. The van der Waals surface area contributed by atoms with Crippen molar-refractivity contribution in [3.05, 3.63) is 47.5 Å². The third-order valence-corrected chi connectivity index (χ3v) is 3.57. The molecule has 0 bridgehead atoms. The van der Waals surface area contributed by atoms with E-state index in [-0.39, 0.29) is 5.56 Å². The Bertz CT molecular complexity index is 801. The summed E-state index contributed by atoms with van der Waals surface area (Å²) >= 11 is 0. The zero-order chi connectivity index (χ0) is 17.9. The zero-order valence-corrected chi connectivity index (χ0v) is 13.2. The van der Waals surface area contributed by atoms with Gasteiger partial charge in [0.25, 0.3) is 5.91 Å². The molecule has 0 aliphatic heterocycles.